The quantitative estimate of drug-likeness (QED) is 0.712. The van der Waals surface area contributed by atoms with Gasteiger partial charge in [-0.3, -0.25) is 0 Å². The van der Waals surface area contributed by atoms with Crippen LogP contribution in [-0.2, 0) is 6.18 Å². The summed E-state index contributed by atoms with van der Waals surface area (Å²) in [6, 6.07) is 3.67. The highest BCUT2D eigenvalue weighted by Gasteiger charge is 2.32. The van der Waals surface area contributed by atoms with Crippen LogP contribution in [0.3, 0.4) is 0 Å². The molecule has 1 aromatic rings. The van der Waals surface area contributed by atoms with E-state index in [0.29, 0.717) is 10.7 Å². The van der Waals surface area contributed by atoms with Crippen molar-refractivity contribution < 1.29 is 13.2 Å². The van der Waals surface area contributed by atoms with Gasteiger partial charge in [0.2, 0.25) is 0 Å². The zero-order valence-electron chi connectivity index (χ0n) is 8.26. The van der Waals surface area contributed by atoms with E-state index >= 15 is 0 Å². The van der Waals surface area contributed by atoms with E-state index in [2.05, 4.69) is 5.32 Å². The summed E-state index contributed by atoms with van der Waals surface area (Å²) in [7, 11) is 0. The zero-order valence-corrected chi connectivity index (χ0v) is 9.89. The maximum absolute atomic E-state index is 12.5. The highest BCUT2D eigenvalue weighted by Crippen LogP contribution is 2.39. The summed E-state index contributed by atoms with van der Waals surface area (Å²) in [5.74, 6) is 0. The molecule has 1 aliphatic heterocycles. The second-order valence-corrected chi connectivity index (χ2v) is 5.28. The van der Waals surface area contributed by atoms with Crippen LogP contribution < -0.4 is 5.32 Å². The second kappa shape index (κ2) is 3.92. The van der Waals surface area contributed by atoms with Gasteiger partial charge in [-0.25, -0.2) is 0 Å². The molecule has 16 heavy (non-hydrogen) atoms. The molecular formula is C10H8F3NS2. The summed E-state index contributed by atoms with van der Waals surface area (Å²) in [5.41, 5.74) is -0.209. The van der Waals surface area contributed by atoms with Gasteiger partial charge in [0.15, 0.2) is 0 Å². The van der Waals surface area contributed by atoms with Crippen molar-refractivity contribution >= 4 is 34.7 Å². The number of benzene rings is 1. The van der Waals surface area contributed by atoms with E-state index in [0.717, 1.165) is 17.0 Å². The van der Waals surface area contributed by atoms with E-state index in [1.54, 1.807) is 0 Å². The van der Waals surface area contributed by atoms with Gasteiger partial charge in [0.1, 0.15) is 0 Å². The number of alkyl halides is 3. The number of rotatable bonds is 0. The van der Waals surface area contributed by atoms with Crippen molar-refractivity contribution in [3.05, 3.63) is 23.8 Å². The van der Waals surface area contributed by atoms with Gasteiger partial charge in [0.25, 0.3) is 0 Å². The first-order valence-electron chi connectivity index (χ1n) is 4.56. The van der Waals surface area contributed by atoms with E-state index in [9.17, 15) is 13.2 Å². The molecule has 86 valence electrons. The Morgan fingerprint density at radius 3 is 2.69 bits per heavy atom. The molecule has 2 rings (SSSR count). The van der Waals surface area contributed by atoms with Crippen LogP contribution in [0.1, 0.15) is 12.5 Å². The van der Waals surface area contributed by atoms with Gasteiger partial charge in [-0.15, -0.1) is 11.8 Å². The molecule has 1 heterocycles. The molecular weight excluding hydrogens is 255 g/mol. The highest BCUT2D eigenvalue weighted by atomic mass is 32.2. The average Bonchev–Trinajstić information content (AvgIpc) is 2.17. The Balaban J connectivity index is 2.40. The number of halogens is 3. The Kier molecular flexibility index (Phi) is 2.88. The monoisotopic (exact) mass is 263 g/mol. The van der Waals surface area contributed by atoms with Crippen LogP contribution in [0.2, 0.25) is 0 Å². The summed E-state index contributed by atoms with van der Waals surface area (Å²) in [5, 5.41) is 2.93. The fraction of sp³-hybridized carbons (Fsp3) is 0.300. The van der Waals surface area contributed by atoms with Crippen LogP contribution in [0, 0.1) is 0 Å². The summed E-state index contributed by atoms with van der Waals surface area (Å²) in [6.07, 6.45) is -4.31. The normalized spacial score (nSPS) is 20.2. The van der Waals surface area contributed by atoms with E-state index in [4.69, 9.17) is 12.2 Å². The molecule has 0 fully saturated rings. The van der Waals surface area contributed by atoms with Crippen molar-refractivity contribution in [2.75, 3.05) is 5.32 Å². The molecule has 1 nitrogen and oxygen atoms in total. The molecule has 1 aliphatic rings. The number of thiocarbonyl (C=S) groups is 1. The third-order valence-corrected chi connectivity index (χ3v) is 4.04. The van der Waals surface area contributed by atoms with Gasteiger partial charge in [0.05, 0.1) is 21.5 Å². The van der Waals surface area contributed by atoms with Crippen molar-refractivity contribution in [3.8, 4) is 0 Å². The van der Waals surface area contributed by atoms with Crippen LogP contribution in [0.15, 0.2) is 23.1 Å². The summed E-state index contributed by atoms with van der Waals surface area (Å²) >= 11 is 6.50. The standard InChI is InChI=1S/C10H8F3NS2/c1-5-9(15)14-7-4-6(10(11,12)13)2-3-8(7)16-5/h2-5H,1H3,(H,14,15). The third kappa shape index (κ3) is 2.17. The fourth-order valence-electron chi connectivity index (χ4n) is 1.39. The lowest BCUT2D eigenvalue weighted by Gasteiger charge is -2.24. The number of nitrogens with one attached hydrogen (secondary N) is 1. The molecule has 0 saturated heterocycles. The topological polar surface area (TPSA) is 12.0 Å². The minimum Gasteiger partial charge on any atom is -0.348 e. The minimum atomic E-state index is -4.31. The molecule has 0 aromatic heterocycles. The van der Waals surface area contributed by atoms with Crippen LogP contribution in [0.5, 0.6) is 0 Å². The van der Waals surface area contributed by atoms with E-state index in [1.165, 1.54) is 17.8 Å². The predicted octanol–water partition coefficient (Wildman–Crippen LogP) is 3.94. The molecule has 6 heteroatoms. The van der Waals surface area contributed by atoms with Crippen molar-refractivity contribution in [3.63, 3.8) is 0 Å². The van der Waals surface area contributed by atoms with Gasteiger partial charge in [-0.1, -0.05) is 12.2 Å². The van der Waals surface area contributed by atoms with E-state index in [-0.39, 0.29) is 5.25 Å². The predicted molar refractivity (Wildman–Crippen MR) is 63.0 cm³/mol. The average molecular weight is 263 g/mol. The van der Waals surface area contributed by atoms with Gasteiger partial charge in [-0.2, -0.15) is 13.2 Å². The third-order valence-electron chi connectivity index (χ3n) is 2.24. The van der Waals surface area contributed by atoms with Gasteiger partial charge in [0, 0.05) is 4.90 Å². The minimum absolute atomic E-state index is 0.0965. The number of hydrogen-bond donors (Lipinski definition) is 1. The molecule has 0 radical (unpaired) electrons. The highest BCUT2D eigenvalue weighted by molar-refractivity contribution is 8.02. The van der Waals surface area contributed by atoms with E-state index < -0.39 is 11.7 Å². The Morgan fingerprint density at radius 1 is 1.38 bits per heavy atom. The Morgan fingerprint density at radius 2 is 2.06 bits per heavy atom. The lowest BCUT2D eigenvalue weighted by molar-refractivity contribution is -0.137. The van der Waals surface area contributed by atoms with Crippen molar-refractivity contribution in [2.24, 2.45) is 0 Å². The smallest absolute Gasteiger partial charge is 0.348 e. The number of fused-ring (bicyclic) bond motifs is 1. The molecule has 1 atom stereocenters. The summed E-state index contributed by atoms with van der Waals surface area (Å²) in [6.45, 7) is 1.92. The Bertz CT molecular complexity index is 442. The zero-order chi connectivity index (χ0) is 11.9. The molecule has 1 aromatic carbocycles. The molecule has 0 bridgehead atoms. The Labute approximate surface area is 100 Å². The number of hydrogen-bond acceptors (Lipinski definition) is 2. The van der Waals surface area contributed by atoms with Gasteiger partial charge < -0.3 is 5.32 Å². The lowest BCUT2D eigenvalue weighted by atomic mass is 10.2. The molecule has 1 unspecified atom stereocenters. The Hall–Kier alpha value is -0.750. The first kappa shape index (κ1) is 11.7. The molecule has 0 spiro atoms. The van der Waals surface area contributed by atoms with Crippen LogP contribution >= 0.6 is 24.0 Å². The summed E-state index contributed by atoms with van der Waals surface area (Å²) < 4.78 is 37.4. The first-order chi connectivity index (χ1) is 7.38. The van der Waals surface area contributed by atoms with Crippen molar-refractivity contribution in [2.45, 2.75) is 23.2 Å². The number of thioether (sulfide) groups is 1. The summed E-state index contributed by atoms with van der Waals surface area (Å²) in [4.78, 5) is 1.37. The molecule has 0 saturated carbocycles. The molecule has 1 N–H and O–H groups in total. The van der Waals surface area contributed by atoms with Gasteiger partial charge in [-0.05, 0) is 25.1 Å². The molecule has 0 aliphatic carbocycles. The lowest BCUT2D eigenvalue weighted by Crippen LogP contribution is -2.24. The largest absolute Gasteiger partial charge is 0.416 e. The molecule has 0 amide bonds. The maximum Gasteiger partial charge on any atom is 0.416 e. The first-order valence-corrected chi connectivity index (χ1v) is 5.85. The number of anilines is 1. The maximum atomic E-state index is 12.5. The van der Waals surface area contributed by atoms with Crippen molar-refractivity contribution in [1.29, 1.82) is 0 Å². The van der Waals surface area contributed by atoms with Gasteiger partial charge >= 0.3 is 6.18 Å². The van der Waals surface area contributed by atoms with Crippen LogP contribution in [0.25, 0.3) is 0 Å². The van der Waals surface area contributed by atoms with Crippen LogP contribution in [0.4, 0.5) is 18.9 Å². The van der Waals surface area contributed by atoms with E-state index in [1.807, 2.05) is 6.92 Å². The second-order valence-electron chi connectivity index (χ2n) is 3.46. The van der Waals surface area contributed by atoms with Crippen molar-refractivity contribution in [1.82, 2.24) is 0 Å². The SMILES string of the molecule is CC1Sc2ccc(C(F)(F)F)cc2NC1=S. The fourth-order valence-corrected chi connectivity index (χ4v) is 2.57. The van der Waals surface area contributed by atoms with Crippen LogP contribution in [-0.4, -0.2) is 10.2 Å².